The predicted molar refractivity (Wildman–Crippen MR) is 83.8 cm³/mol. The van der Waals surface area contributed by atoms with Crippen molar-refractivity contribution in [3.63, 3.8) is 0 Å². The van der Waals surface area contributed by atoms with Gasteiger partial charge < -0.3 is 9.64 Å². The molecule has 0 aromatic carbocycles. The van der Waals surface area contributed by atoms with Crippen molar-refractivity contribution in [1.29, 1.82) is 0 Å². The van der Waals surface area contributed by atoms with Crippen molar-refractivity contribution < 1.29 is 4.74 Å². The average Bonchev–Trinajstić information content (AvgIpc) is 2.99. The standard InChI is InChI=1S/C15H18N6O/c1-20(9-4-10-22-2)15-16-8-6-13(19-15)12-11-18-21-14(12)5-3-7-17-21/h3,5-8,11H,4,9-10H2,1-2H3. The Hall–Kier alpha value is -2.54. The highest BCUT2D eigenvalue weighted by molar-refractivity contribution is 5.77. The van der Waals surface area contributed by atoms with Gasteiger partial charge in [-0.05, 0) is 24.6 Å². The molecule has 22 heavy (non-hydrogen) atoms. The zero-order valence-electron chi connectivity index (χ0n) is 12.7. The normalized spacial score (nSPS) is 11.0. The minimum atomic E-state index is 0.692. The molecule has 0 saturated carbocycles. The van der Waals surface area contributed by atoms with Gasteiger partial charge in [-0.25, -0.2) is 9.97 Å². The molecule has 114 valence electrons. The third kappa shape index (κ3) is 2.89. The Balaban J connectivity index is 1.87. The van der Waals surface area contributed by atoms with Crippen LogP contribution in [-0.2, 0) is 4.74 Å². The molecular weight excluding hydrogens is 280 g/mol. The van der Waals surface area contributed by atoms with Crippen LogP contribution in [0.5, 0.6) is 0 Å². The fraction of sp³-hybridized carbons (Fsp3) is 0.333. The highest BCUT2D eigenvalue weighted by atomic mass is 16.5. The summed E-state index contributed by atoms with van der Waals surface area (Å²) in [5.41, 5.74) is 2.71. The van der Waals surface area contributed by atoms with Crippen LogP contribution in [0.4, 0.5) is 5.95 Å². The summed E-state index contributed by atoms with van der Waals surface area (Å²) in [6.07, 6.45) is 6.18. The second-order valence-corrected chi connectivity index (χ2v) is 4.97. The molecule has 0 aliphatic heterocycles. The zero-order valence-corrected chi connectivity index (χ0v) is 12.7. The molecule has 0 unspecified atom stereocenters. The quantitative estimate of drug-likeness (QED) is 0.645. The van der Waals surface area contributed by atoms with E-state index in [4.69, 9.17) is 4.74 Å². The fourth-order valence-electron chi connectivity index (χ4n) is 2.26. The summed E-state index contributed by atoms with van der Waals surface area (Å²) in [7, 11) is 3.68. The summed E-state index contributed by atoms with van der Waals surface area (Å²) in [5, 5.41) is 8.42. The first-order chi connectivity index (χ1) is 10.8. The molecule has 3 heterocycles. The van der Waals surface area contributed by atoms with Crippen LogP contribution >= 0.6 is 0 Å². The minimum Gasteiger partial charge on any atom is -0.385 e. The molecule has 0 saturated heterocycles. The lowest BCUT2D eigenvalue weighted by Crippen LogP contribution is -2.22. The number of anilines is 1. The van der Waals surface area contributed by atoms with Crippen molar-refractivity contribution in [2.24, 2.45) is 0 Å². The van der Waals surface area contributed by atoms with E-state index in [1.54, 1.807) is 30.3 Å². The first-order valence-corrected chi connectivity index (χ1v) is 7.12. The third-order valence-electron chi connectivity index (χ3n) is 3.41. The molecule has 0 aliphatic rings. The molecule has 0 N–H and O–H groups in total. The molecule has 3 aromatic heterocycles. The Morgan fingerprint density at radius 2 is 2.14 bits per heavy atom. The third-order valence-corrected chi connectivity index (χ3v) is 3.41. The number of hydrogen-bond donors (Lipinski definition) is 0. The number of nitrogens with zero attached hydrogens (tertiary/aromatic N) is 6. The summed E-state index contributed by atoms with van der Waals surface area (Å²) < 4.78 is 6.67. The predicted octanol–water partition coefficient (Wildman–Crippen LogP) is 1.66. The van der Waals surface area contributed by atoms with Gasteiger partial charge >= 0.3 is 0 Å². The number of rotatable bonds is 6. The largest absolute Gasteiger partial charge is 0.385 e. The molecule has 0 atom stereocenters. The highest BCUT2D eigenvalue weighted by Crippen LogP contribution is 2.22. The number of hydrogen-bond acceptors (Lipinski definition) is 6. The number of methoxy groups -OCH3 is 1. The molecule has 0 amide bonds. The Morgan fingerprint density at radius 3 is 3.00 bits per heavy atom. The van der Waals surface area contributed by atoms with Gasteiger partial charge in [-0.1, -0.05) is 0 Å². The monoisotopic (exact) mass is 298 g/mol. The SMILES string of the molecule is COCCCN(C)c1nccc(-c2cnn3ncccc23)n1. The van der Waals surface area contributed by atoms with Crippen molar-refractivity contribution in [3.05, 3.63) is 36.8 Å². The van der Waals surface area contributed by atoms with E-state index in [0.29, 0.717) is 5.95 Å². The molecule has 3 rings (SSSR count). The topological polar surface area (TPSA) is 68.4 Å². The Morgan fingerprint density at radius 1 is 1.23 bits per heavy atom. The van der Waals surface area contributed by atoms with Crippen LogP contribution in [0.25, 0.3) is 16.8 Å². The molecule has 0 aliphatic carbocycles. The van der Waals surface area contributed by atoms with Gasteiger partial charge in [-0.3, -0.25) is 0 Å². The molecule has 0 fully saturated rings. The highest BCUT2D eigenvalue weighted by Gasteiger charge is 2.11. The second kappa shape index (κ2) is 6.48. The smallest absolute Gasteiger partial charge is 0.225 e. The van der Waals surface area contributed by atoms with Gasteiger partial charge in [0.25, 0.3) is 0 Å². The van der Waals surface area contributed by atoms with Crippen LogP contribution in [0.1, 0.15) is 6.42 Å². The summed E-state index contributed by atoms with van der Waals surface area (Å²) >= 11 is 0. The maximum atomic E-state index is 5.07. The number of ether oxygens (including phenoxy) is 1. The van der Waals surface area contributed by atoms with Gasteiger partial charge in [-0.2, -0.15) is 14.8 Å². The molecule has 0 spiro atoms. The van der Waals surface area contributed by atoms with E-state index in [-0.39, 0.29) is 0 Å². The van der Waals surface area contributed by atoms with Crippen LogP contribution < -0.4 is 4.90 Å². The van der Waals surface area contributed by atoms with Crippen LogP contribution in [0.2, 0.25) is 0 Å². The van der Waals surface area contributed by atoms with Crippen LogP contribution in [0, 0.1) is 0 Å². The zero-order chi connectivity index (χ0) is 15.4. The van der Waals surface area contributed by atoms with E-state index in [0.717, 1.165) is 36.3 Å². The van der Waals surface area contributed by atoms with Crippen molar-refractivity contribution in [2.75, 3.05) is 32.2 Å². The van der Waals surface area contributed by atoms with E-state index in [1.165, 1.54) is 0 Å². The van der Waals surface area contributed by atoms with Crippen LogP contribution in [0.3, 0.4) is 0 Å². The van der Waals surface area contributed by atoms with E-state index < -0.39 is 0 Å². The van der Waals surface area contributed by atoms with Gasteiger partial charge in [0, 0.05) is 45.3 Å². The van der Waals surface area contributed by atoms with E-state index in [2.05, 4.69) is 20.2 Å². The maximum absolute atomic E-state index is 5.07. The van der Waals surface area contributed by atoms with E-state index >= 15 is 0 Å². The van der Waals surface area contributed by atoms with E-state index in [1.807, 2.05) is 30.1 Å². The van der Waals surface area contributed by atoms with Crippen molar-refractivity contribution in [1.82, 2.24) is 24.8 Å². The molecule has 0 bridgehead atoms. The lowest BCUT2D eigenvalue weighted by atomic mass is 10.2. The first-order valence-electron chi connectivity index (χ1n) is 7.12. The second-order valence-electron chi connectivity index (χ2n) is 4.97. The summed E-state index contributed by atoms with van der Waals surface area (Å²) in [5.74, 6) is 0.692. The molecule has 7 nitrogen and oxygen atoms in total. The summed E-state index contributed by atoms with van der Waals surface area (Å²) in [4.78, 5) is 11.0. The Bertz CT molecular complexity index is 756. The van der Waals surface area contributed by atoms with Crippen molar-refractivity contribution in [2.45, 2.75) is 6.42 Å². The lowest BCUT2D eigenvalue weighted by molar-refractivity contribution is 0.196. The summed E-state index contributed by atoms with van der Waals surface area (Å²) in [6.45, 7) is 1.57. The van der Waals surface area contributed by atoms with Gasteiger partial charge in [-0.15, -0.1) is 0 Å². The minimum absolute atomic E-state index is 0.692. The first kappa shape index (κ1) is 14.4. The lowest BCUT2D eigenvalue weighted by Gasteiger charge is -2.16. The molecule has 7 heteroatoms. The van der Waals surface area contributed by atoms with Gasteiger partial charge in [0.1, 0.15) is 0 Å². The molecular formula is C15H18N6O. The average molecular weight is 298 g/mol. The molecule has 0 radical (unpaired) electrons. The van der Waals surface area contributed by atoms with Gasteiger partial charge in [0.2, 0.25) is 5.95 Å². The van der Waals surface area contributed by atoms with Crippen molar-refractivity contribution >= 4 is 11.5 Å². The Kier molecular flexibility index (Phi) is 4.24. The van der Waals surface area contributed by atoms with Crippen LogP contribution in [0.15, 0.2) is 36.8 Å². The van der Waals surface area contributed by atoms with Crippen molar-refractivity contribution in [3.8, 4) is 11.3 Å². The number of aromatic nitrogens is 5. The van der Waals surface area contributed by atoms with E-state index in [9.17, 15) is 0 Å². The number of fused-ring (bicyclic) bond motifs is 1. The Labute approximate surface area is 128 Å². The fourth-order valence-corrected chi connectivity index (χ4v) is 2.26. The van der Waals surface area contributed by atoms with Gasteiger partial charge in [0.05, 0.1) is 17.4 Å². The maximum Gasteiger partial charge on any atom is 0.225 e. The molecule has 3 aromatic rings. The summed E-state index contributed by atoms with van der Waals surface area (Å²) in [6, 6.07) is 5.75. The van der Waals surface area contributed by atoms with Crippen LogP contribution in [-0.4, -0.2) is 52.1 Å². The van der Waals surface area contributed by atoms with Gasteiger partial charge in [0.15, 0.2) is 0 Å².